The third-order valence-electron chi connectivity index (χ3n) is 3.72. The second-order valence-electron chi connectivity index (χ2n) is 5.65. The van der Waals surface area contributed by atoms with Crippen LogP contribution >= 0.6 is 22.6 Å². The summed E-state index contributed by atoms with van der Waals surface area (Å²) in [6.45, 7) is 0.324. The fourth-order valence-corrected chi connectivity index (χ4v) is 3.19. The molecule has 11 heteroatoms. The van der Waals surface area contributed by atoms with E-state index in [2.05, 4.69) is 25.9 Å². The largest absolute Gasteiger partial charge is 0.346 e. The van der Waals surface area contributed by atoms with Gasteiger partial charge in [-0.1, -0.05) is 0 Å². The normalized spacial score (nSPS) is 10.8. The summed E-state index contributed by atoms with van der Waals surface area (Å²) in [5, 5.41) is 17.7. The number of carbonyl (C=O) groups is 2. The number of rotatable bonds is 5. The minimum atomic E-state index is -0.358. The third kappa shape index (κ3) is 3.61. The van der Waals surface area contributed by atoms with Gasteiger partial charge >= 0.3 is 0 Å². The van der Waals surface area contributed by atoms with E-state index in [9.17, 15) is 9.59 Å². The van der Waals surface area contributed by atoms with E-state index in [0.717, 1.165) is 5.56 Å². The molecule has 3 aromatic rings. The molecule has 10 nitrogen and oxygen atoms in total. The minimum absolute atomic E-state index is 0.263. The topological polar surface area (TPSA) is 112 Å². The smallest absolute Gasteiger partial charge is 0.275 e. The summed E-state index contributed by atoms with van der Waals surface area (Å²) >= 11 is 2.04. The second kappa shape index (κ2) is 7.27. The van der Waals surface area contributed by atoms with Gasteiger partial charge in [0.2, 0.25) is 0 Å². The highest BCUT2D eigenvalue weighted by Crippen LogP contribution is 2.17. The molecule has 136 valence electrons. The van der Waals surface area contributed by atoms with Crippen LogP contribution in [0.5, 0.6) is 0 Å². The van der Waals surface area contributed by atoms with Crippen LogP contribution in [0.25, 0.3) is 0 Å². The molecule has 26 heavy (non-hydrogen) atoms. The van der Waals surface area contributed by atoms with Gasteiger partial charge in [0.15, 0.2) is 0 Å². The van der Waals surface area contributed by atoms with E-state index < -0.39 is 0 Å². The van der Waals surface area contributed by atoms with Gasteiger partial charge in [0, 0.05) is 39.4 Å². The quantitative estimate of drug-likeness (QED) is 0.535. The Balaban J connectivity index is 1.76. The van der Waals surface area contributed by atoms with Gasteiger partial charge in [0.05, 0.1) is 27.8 Å². The molecule has 0 saturated heterocycles. The number of halogens is 1. The first-order valence-corrected chi connectivity index (χ1v) is 8.71. The molecule has 0 aromatic carbocycles. The lowest BCUT2D eigenvalue weighted by Crippen LogP contribution is -2.27. The zero-order valence-corrected chi connectivity index (χ0v) is 16.6. The number of anilines is 1. The second-order valence-corrected chi connectivity index (χ2v) is 6.82. The highest BCUT2D eigenvalue weighted by atomic mass is 127. The van der Waals surface area contributed by atoms with E-state index in [4.69, 9.17) is 0 Å². The predicted molar refractivity (Wildman–Crippen MR) is 101 cm³/mol. The summed E-state index contributed by atoms with van der Waals surface area (Å²) in [5.41, 5.74) is 1.88. The summed E-state index contributed by atoms with van der Waals surface area (Å²) in [7, 11) is 5.13. The van der Waals surface area contributed by atoms with Crippen molar-refractivity contribution < 1.29 is 9.59 Å². The summed E-state index contributed by atoms with van der Waals surface area (Å²) in [5.74, 6) is -0.701. The molecule has 0 aliphatic rings. The fraction of sp³-hybridized carbons (Fsp3) is 0.267. The Hall–Kier alpha value is -2.70. The third-order valence-corrected chi connectivity index (χ3v) is 4.51. The lowest BCUT2D eigenvalue weighted by atomic mass is 10.3. The van der Waals surface area contributed by atoms with Crippen LogP contribution in [0.4, 0.5) is 5.69 Å². The molecule has 0 saturated carbocycles. The van der Waals surface area contributed by atoms with Gasteiger partial charge in [0.25, 0.3) is 11.8 Å². The van der Waals surface area contributed by atoms with E-state index >= 15 is 0 Å². The van der Waals surface area contributed by atoms with E-state index in [1.165, 1.54) is 15.6 Å². The number of aromatic nitrogens is 6. The number of nitrogens with zero attached hydrogens (tertiary/aromatic N) is 6. The van der Waals surface area contributed by atoms with Gasteiger partial charge < -0.3 is 10.6 Å². The molecule has 2 N–H and O–H groups in total. The van der Waals surface area contributed by atoms with Crippen molar-refractivity contribution in [1.29, 1.82) is 0 Å². The molecule has 3 heterocycles. The Labute approximate surface area is 162 Å². The molecule has 3 aromatic heterocycles. The van der Waals surface area contributed by atoms with Crippen molar-refractivity contribution in [2.24, 2.45) is 21.1 Å². The summed E-state index contributed by atoms with van der Waals surface area (Å²) in [6, 6.07) is 0. The number of aryl methyl sites for hydroxylation is 3. The summed E-state index contributed by atoms with van der Waals surface area (Å²) in [6.07, 6.45) is 6.54. The molecular weight excluding hydrogens is 451 g/mol. The van der Waals surface area contributed by atoms with Crippen LogP contribution in [0.15, 0.2) is 24.8 Å². The van der Waals surface area contributed by atoms with Crippen LogP contribution in [0, 0.1) is 3.57 Å². The van der Waals surface area contributed by atoms with Crippen LogP contribution in [-0.4, -0.2) is 41.2 Å². The number of hydrogen-bond acceptors (Lipinski definition) is 5. The maximum absolute atomic E-state index is 12.6. The van der Waals surface area contributed by atoms with Crippen LogP contribution < -0.4 is 10.6 Å². The van der Waals surface area contributed by atoms with Gasteiger partial charge in [-0.05, 0) is 22.6 Å². The van der Waals surface area contributed by atoms with Crippen LogP contribution in [-0.2, 0) is 27.7 Å². The van der Waals surface area contributed by atoms with Crippen molar-refractivity contribution in [1.82, 2.24) is 34.7 Å². The number of nitrogens with one attached hydrogen (secondary N) is 2. The van der Waals surface area contributed by atoms with Crippen molar-refractivity contribution in [2.75, 3.05) is 5.32 Å². The average Bonchev–Trinajstić information content (AvgIpc) is 3.25. The van der Waals surface area contributed by atoms with Gasteiger partial charge in [-0.3, -0.25) is 23.6 Å². The molecule has 0 bridgehead atoms. The summed E-state index contributed by atoms with van der Waals surface area (Å²) < 4.78 is 5.28. The number of amides is 2. The molecule has 0 spiro atoms. The molecule has 0 fully saturated rings. The van der Waals surface area contributed by atoms with Crippen molar-refractivity contribution >= 4 is 40.1 Å². The lowest BCUT2D eigenvalue weighted by molar-refractivity contribution is 0.0942. The molecule has 0 atom stereocenters. The molecule has 0 aliphatic heterocycles. The number of hydrogen-bond donors (Lipinski definition) is 2. The minimum Gasteiger partial charge on any atom is -0.346 e. The van der Waals surface area contributed by atoms with Gasteiger partial charge in [-0.15, -0.1) is 0 Å². The number of carbonyl (C=O) groups excluding carboxylic acids is 2. The van der Waals surface area contributed by atoms with Crippen molar-refractivity contribution in [2.45, 2.75) is 6.54 Å². The first kappa shape index (κ1) is 18.1. The van der Waals surface area contributed by atoms with E-state index in [1.807, 2.05) is 28.8 Å². The van der Waals surface area contributed by atoms with Crippen molar-refractivity contribution in [3.05, 3.63) is 45.3 Å². The zero-order chi connectivity index (χ0) is 18.8. The first-order valence-electron chi connectivity index (χ1n) is 7.63. The van der Waals surface area contributed by atoms with Crippen LogP contribution in [0.2, 0.25) is 0 Å². The van der Waals surface area contributed by atoms with Crippen LogP contribution in [0.1, 0.15) is 26.5 Å². The highest BCUT2D eigenvalue weighted by Gasteiger charge is 2.21. The van der Waals surface area contributed by atoms with E-state index in [-0.39, 0.29) is 17.5 Å². The SMILES string of the molecule is Cn1cc(CNC(=O)c2c(NC(=O)c3c(I)cnn3C)cnn2C)cn1. The monoisotopic (exact) mass is 468 g/mol. The Morgan fingerprint density at radius 3 is 2.31 bits per heavy atom. The molecule has 2 amide bonds. The Bertz CT molecular complexity index is 951. The Morgan fingerprint density at radius 2 is 1.69 bits per heavy atom. The Kier molecular flexibility index (Phi) is 5.06. The summed E-state index contributed by atoms with van der Waals surface area (Å²) in [4.78, 5) is 25.1. The van der Waals surface area contributed by atoms with Crippen molar-refractivity contribution in [3.63, 3.8) is 0 Å². The molecule has 0 radical (unpaired) electrons. The average molecular weight is 468 g/mol. The molecule has 0 aliphatic carbocycles. The molecular formula is C15H17IN8O2. The zero-order valence-electron chi connectivity index (χ0n) is 14.4. The maximum atomic E-state index is 12.6. The van der Waals surface area contributed by atoms with E-state index in [0.29, 0.717) is 21.5 Å². The predicted octanol–water partition coefficient (Wildman–Crippen LogP) is 0.674. The van der Waals surface area contributed by atoms with Crippen molar-refractivity contribution in [3.8, 4) is 0 Å². The maximum Gasteiger partial charge on any atom is 0.275 e. The van der Waals surface area contributed by atoms with E-state index in [1.54, 1.807) is 38.2 Å². The van der Waals surface area contributed by atoms with Gasteiger partial charge in [-0.25, -0.2) is 0 Å². The fourth-order valence-electron chi connectivity index (χ4n) is 2.48. The van der Waals surface area contributed by atoms with Gasteiger partial charge in [0.1, 0.15) is 11.4 Å². The molecule has 3 rings (SSSR count). The van der Waals surface area contributed by atoms with Gasteiger partial charge in [-0.2, -0.15) is 15.3 Å². The first-order chi connectivity index (χ1) is 12.4. The standard InChI is InChI=1S/C15H17IN8O2/c1-22-8-9(5-18-22)4-17-14(25)13-11(7-20-24(13)3)21-15(26)12-10(16)6-19-23(12)2/h5-8H,4H2,1-3H3,(H,17,25)(H,21,26). The lowest BCUT2D eigenvalue weighted by Gasteiger charge is -2.09. The Morgan fingerprint density at radius 1 is 1.00 bits per heavy atom. The highest BCUT2D eigenvalue weighted by molar-refractivity contribution is 14.1. The molecule has 0 unspecified atom stereocenters. The van der Waals surface area contributed by atoms with Crippen LogP contribution in [0.3, 0.4) is 0 Å².